The number of nitrogens with one attached hydrogen (secondary N) is 1. The van der Waals surface area contributed by atoms with E-state index in [-0.39, 0.29) is 0 Å². The van der Waals surface area contributed by atoms with Crippen molar-refractivity contribution in [3.05, 3.63) is 52.3 Å². The summed E-state index contributed by atoms with van der Waals surface area (Å²) in [4.78, 5) is 5.37. The number of aryl methyl sites for hydroxylation is 1. The van der Waals surface area contributed by atoms with E-state index in [1.165, 1.54) is 0 Å². The molecule has 1 heterocycles. The van der Waals surface area contributed by atoms with E-state index in [1.54, 1.807) is 4.68 Å². The van der Waals surface area contributed by atoms with Crippen LogP contribution in [0.4, 0.5) is 0 Å². The molecule has 2 aromatic rings. The van der Waals surface area contributed by atoms with Gasteiger partial charge in [0.2, 0.25) is 0 Å². The highest BCUT2D eigenvalue weighted by molar-refractivity contribution is 9.10. The van der Waals surface area contributed by atoms with Crippen molar-refractivity contribution in [2.24, 2.45) is 7.05 Å². The zero-order valence-corrected chi connectivity index (χ0v) is 11.1. The summed E-state index contributed by atoms with van der Waals surface area (Å²) in [6.45, 7) is 1.12. The average molecular weight is 296 g/mol. The van der Waals surface area contributed by atoms with Gasteiger partial charge in [-0.25, -0.2) is 0 Å². The summed E-state index contributed by atoms with van der Waals surface area (Å²) in [6.07, 6.45) is 1.91. The van der Waals surface area contributed by atoms with E-state index < -0.39 is 0 Å². The third kappa shape index (κ3) is 3.66. The van der Waals surface area contributed by atoms with Crippen molar-refractivity contribution in [3.63, 3.8) is 0 Å². The zero-order chi connectivity index (χ0) is 12.1. The smallest absolute Gasteiger partial charge is 0.0933 e. The molecule has 0 unspecified atom stereocenters. The van der Waals surface area contributed by atoms with Crippen LogP contribution in [0, 0.1) is 0 Å². The first-order valence-corrected chi connectivity index (χ1v) is 6.11. The zero-order valence-electron chi connectivity index (χ0n) is 9.56. The lowest BCUT2D eigenvalue weighted by Gasteiger charge is -2.04. The van der Waals surface area contributed by atoms with E-state index in [2.05, 4.69) is 26.5 Å². The Labute approximate surface area is 109 Å². The largest absolute Gasteiger partial charge is 0.297 e. The number of halogens is 1. The van der Waals surface area contributed by atoms with Gasteiger partial charge in [0.25, 0.3) is 0 Å². The maximum absolute atomic E-state index is 5.37. The maximum atomic E-state index is 5.37. The summed E-state index contributed by atoms with van der Waals surface area (Å²) in [7, 11) is 1.89. The Kier molecular flexibility index (Phi) is 4.30. The molecule has 0 saturated carbocycles. The third-order valence-electron chi connectivity index (χ3n) is 2.28. The number of nitrogens with zero attached hydrogens (tertiary/aromatic N) is 2. The molecular weight excluding hydrogens is 282 g/mol. The Hall–Kier alpha value is -1.17. The Bertz CT molecular complexity index is 470. The summed E-state index contributed by atoms with van der Waals surface area (Å²) >= 11 is 3.44. The average Bonchev–Trinajstić information content (AvgIpc) is 2.65. The van der Waals surface area contributed by atoms with Crippen LogP contribution in [-0.4, -0.2) is 9.78 Å². The fourth-order valence-corrected chi connectivity index (χ4v) is 1.97. The summed E-state index contributed by atoms with van der Waals surface area (Å²) in [6, 6.07) is 10.0. The first kappa shape index (κ1) is 12.3. The molecule has 0 radical (unpaired) electrons. The van der Waals surface area contributed by atoms with Crippen molar-refractivity contribution in [3.8, 4) is 0 Å². The quantitative estimate of drug-likeness (QED) is 0.680. The highest BCUT2D eigenvalue weighted by Gasteiger charge is 2.03. The molecule has 17 heavy (non-hydrogen) atoms. The molecule has 0 bridgehead atoms. The number of hydrogen-bond donors (Lipinski definition) is 1. The molecule has 0 saturated heterocycles. The Morgan fingerprint density at radius 1 is 1.35 bits per heavy atom. The van der Waals surface area contributed by atoms with E-state index in [9.17, 15) is 0 Å². The molecule has 0 atom stereocenters. The fraction of sp³-hybridized carbons (Fsp3) is 0.250. The van der Waals surface area contributed by atoms with Crippen LogP contribution in [0.1, 0.15) is 11.3 Å². The summed E-state index contributed by atoms with van der Waals surface area (Å²) in [5.74, 6) is 0. The summed E-state index contributed by atoms with van der Waals surface area (Å²) in [5.41, 5.74) is 4.97. The molecule has 0 amide bonds. The summed E-state index contributed by atoms with van der Waals surface area (Å²) < 4.78 is 2.74. The van der Waals surface area contributed by atoms with Gasteiger partial charge in [0.15, 0.2) is 0 Å². The van der Waals surface area contributed by atoms with Crippen LogP contribution in [0.5, 0.6) is 0 Å². The van der Waals surface area contributed by atoms with Gasteiger partial charge in [-0.1, -0.05) is 30.3 Å². The normalized spacial score (nSPS) is 10.7. The molecule has 1 N–H and O–H groups in total. The van der Waals surface area contributed by atoms with Crippen LogP contribution < -0.4 is 5.48 Å². The highest BCUT2D eigenvalue weighted by Crippen LogP contribution is 2.13. The van der Waals surface area contributed by atoms with Gasteiger partial charge < -0.3 is 0 Å². The van der Waals surface area contributed by atoms with Gasteiger partial charge in [-0.05, 0) is 21.5 Å². The van der Waals surface area contributed by atoms with Crippen LogP contribution in [0.2, 0.25) is 0 Å². The van der Waals surface area contributed by atoms with Crippen LogP contribution in [-0.2, 0) is 25.0 Å². The van der Waals surface area contributed by atoms with Crippen LogP contribution in [0.15, 0.2) is 41.0 Å². The molecule has 0 aliphatic carbocycles. The van der Waals surface area contributed by atoms with E-state index >= 15 is 0 Å². The minimum absolute atomic E-state index is 0.547. The molecular formula is C12H14BrN3O. The van der Waals surface area contributed by atoms with Gasteiger partial charge in [-0.2, -0.15) is 10.6 Å². The second-order valence-corrected chi connectivity index (χ2v) is 4.55. The molecule has 0 aliphatic heterocycles. The Morgan fingerprint density at radius 3 is 2.76 bits per heavy atom. The van der Waals surface area contributed by atoms with Gasteiger partial charge >= 0.3 is 0 Å². The molecule has 90 valence electrons. The topological polar surface area (TPSA) is 39.1 Å². The number of rotatable bonds is 5. The molecule has 4 nitrogen and oxygen atoms in total. The second-order valence-electron chi connectivity index (χ2n) is 3.69. The van der Waals surface area contributed by atoms with Crippen LogP contribution in [0.3, 0.4) is 0 Å². The van der Waals surface area contributed by atoms with Crippen molar-refractivity contribution >= 4 is 15.9 Å². The number of hydrogen-bond acceptors (Lipinski definition) is 3. The molecule has 5 heteroatoms. The summed E-state index contributed by atoms with van der Waals surface area (Å²) in [5, 5.41) is 4.28. The van der Waals surface area contributed by atoms with Crippen molar-refractivity contribution in [1.29, 1.82) is 0 Å². The maximum Gasteiger partial charge on any atom is 0.0933 e. The van der Waals surface area contributed by atoms with Gasteiger partial charge in [-0.15, -0.1) is 0 Å². The number of aromatic nitrogens is 2. The molecule has 2 rings (SSSR count). The van der Waals surface area contributed by atoms with Gasteiger partial charge in [0.1, 0.15) is 0 Å². The van der Waals surface area contributed by atoms with Crippen molar-refractivity contribution in [2.75, 3.05) is 0 Å². The molecule has 0 fully saturated rings. The second kappa shape index (κ2) is 5.95. The standard InChI is InChI=1S/C12H14BrN3O/c1-16-8-11(13)12(15-16)7-14-17-9-10-5-3-2-4-6-10/h2-6,8,14H,7,9H2,1H3. The third-order valence-corrected chi connectivity index (χ3v) is 2.94. The molecule has 1 aromatic heterocycles. The molecule has 1 aromatic carbocycles. The SMILES string of the molecule is Cn1cc(Br)c(CNOCc2ccccc2)n1. The predicted molar refractivity (Wildman–Crippen MR) is 69.0 cm³/mol. The monoisotopic (exact) mass is 295 g/mol. The van der Waals surface area contributed by atoms with Gasteiger partial charge in [0.05, 0.1) is 23.3 Å². The first-order chi connectivity index (χ1) is 8.25. The van der Waals surface area contributed by atoms with E-state index in [0.29, 0.717) is 13.2 Å². The Morgan fingerprint density at radius 2 is 2.12 bits per heavy atom. The Balaban J connectivity index is 1.75. The molecule has 0 spiro atoms. The van der Waals surface area contributed by atoms with Crippen molar-refractivity contribution < 1.29 is 4.84 Å². The van der Waals surface area contributed by atoms with Crippen molar-refractivity contribution in [2.45, 2.75) is 13.2 Å². The van der Waals surface area contributed by atoms with E-state index in [0.717, 1.165) is 15.7 Å². The highest BCUT2D eigenvalue weighted by atomic mass is 79.9. The minimum atomic E-state index is 0.547. The van der Waals surface area contributed by atoms with Crippen molar-refractivity contribution in [1.82, 2.24) is 15.3 Å². The lowest BCUT2D eigenvalue weighted by Crippen LogP contribution is -2.14. The lowest BCUT2D eigenvalue weighted by molar-refractivity contribution is 0.0227. The minimum Gasteiger partial charge on any atom is -0.297 e. The van der Waals surface area contributed by atoms with Gasteiger partial charge in [-0.3, -0.25) is 9.52 Å². The van der Waals surface area contributed by atoms with Crippen LogP contribution in [0.25, 0.3) is 0 Å². The number of hydroxylamine groups is 1. The van der Waals surface area contributed by atoms with E-state index in [4.69, 9.17) is 4.84 Å². The van der Waals surface area contributed by atoms with Gasteiger partial charge in [0, 0.05) is 13.2 Å². The predicted octanol–water partition coefficient (Wildman–Crippen LogP) is 2.40. The van der Waals surface area contributed by atoms with Crippen LogP contribution >= 0.6 is 15.9 Å². The van der Waals surface area contributed by atoms with E-state index in [1.807, 2.05) is 43.6 Å². The first-order valence-electron chi connectivity index (χ1n) is 5.32. The fourth-order valence-electron chi connectivity index (χ4n) is 1.45. The lowest BCUT2D eigenvalue weighted by atomic mass is 10.2. The molecule has 0 aliphatic rings. The number of benzene rings is 1.